The third kappa shape index (κ3) is 5.33. The van der Waals surface area contributed by atoms with Crippen molar-refractivity contribution in [2.75, 3.05) is 26.8 Å². The van der Waals surface area contributed by atoms with Crippen LogP contribution in [0.2, 0.25) is 0 Å². The molecular formula is C13H23NO2. The summed E-state index contributed by atoms with van der Waals surface area (Å²) in [6.07, 6.45) is 7.18. The zero-order chi connectivity index (χ0) is 11.6. The number of nitrogens with one attached hydrogen (secondary N) is 1. The minimum Gasteiger partial charge on any atom is -0.472 e. The van der Waals surface area contributed by atoms with Crippen LogP contribution >= 0.6 is 0 Å². The lowest BCUT2D eigenvalue weighted by atomic mass is 9.96. The predicted octanol–water partition coefficient (Wildman–Crippen LogP) is 2.47. The van der Waals surface area contributed by atoms with Crippen molar-refractivity contribution in [2.24, 2.45) is 5.92 Å². The first-order valence-electron chi connectivity index (χ1n) is 6.07. The molecule has 1 aromatic rings. The Morgan fingerprint density at radius 3 is 3.00 bits per heavy atom. The second-order valence-electron chi connectivity index (χ2n) is 4.19. The molecule has 0 amide bonds. The lowest BCUT2D eigenvalue weighted by Crippen LogP contribution is -2.27. The summed E-state index contributed by atoms with van der Waals surface area (Å²) in [7, 11) is 1.73. The van der Waals surface area contributed by atoms with Crippen LogP contribution in [0, 0.1) is 5.92 Å². The number of furan rings is 1. The molecule has 1 rings (SSSR count). The van der Waals surface area contributed by atoms with Gasteiger partial charge in [0.15, 0.2) is 0 Å². The van der Waals surface area contributed by atoms with Crippen LogP contribution in [-0.4, -0.2) is 26.8 Å². The number of rotatable bonds is 9. The van der Waals surface area contributed by atoms with Gasteiger partial charge in [0.05, 0.1) is 19.1 Å². The molecule has 3 nitrogen and oxygen atoms in total. The van der Waals surface area contributed by atoms with Gasteiger partial charge in [0.25, 0.3) is 0 Å². The monoisotopic (exact) mass is 225 g/mol. The quantitative estimate of drug-likeness (QED) is 0.656. The van der Waals surface area contributed by atoms with E-state index in [9.17, 15) is 0 Å². The smallest absolute Gasteiger partial charge is 0.0934 e. The van der Waals surface area contributed by atoms with E-state index in [-0.39, 0.29) is 0 Å². The molecule has 0 fully saturated rings. The molecule has 1 unspecified atom stereocenters. The lowest BCUT2D eigenvalue weighted by molar-refractivity contribution is 0.197. The van der Waals surface area contributed by atoms with Gasteiger partial charge in [-0.15, -0.1) is 0 Å². The number of ether oxygens (including phenoxy) is 1. The molecule has 3 heteroatoms. The highest BCUT2D eigenvalue weighted by Gasteiger charge is 2.09. The maximum absolute atomic E-state index is 5.10. The first kappa shape index (κ1) is 13.3. The predicted molar refractivity (Wildman–Crippen MR) is 65.6 cm³/mol. The molecule has 0 spiro atoms. The van der Waals surface area contributed by atoms with Crippen molar-refractivity contribution in [1.29, 1.82) is 0 Å². The topological polar surface area (TPSA) is 34.4 Å². The fourth-order valence-electron chi connectivity index (χ4n) is 1.91. The Labute approximate surface area is 98.2 Å². The van der Waals surface area contributed by atoms with Gasteiger partial charge in [-0.25, -0.2) is 0 Å². The van der Waals surface area contributed by atoms with Crippen LogP contribution in [0.25, 0.3) is 0 Å². The van der Waals surface area contributed by atoms with Crippen molar-refractivity contribution < 1.29 is 9.15 Å². The lowest BCUT2D eigenvalue weighted by Gasteiger charge is -2.15. The molecule has 0 aliphatic rings. The Morgan fingerprint density at radius 1 is 1.50 bits per heavy atom. The van der Waals surface area contributed by atoms with E-state index in [1.54, 1.807) is 13.4 Å². The van der Waals surface area contributed by atoms with Crippen LogP contribution in [0.4, 0.5) is 0 Å². The molecule has 0 saturated carbocycles. The fourth-order valence-corrected chi connectivity index (χ4v) is 1.91. The number of methoxy groups -OCH3 is 1. The van der Waals surface area contributed by atoms with E-state index >= 15 is 0 Å². The average Bonchev–Trinajstić information content (AvgIpc) is 2.77. The molecule has 0 aromatic carbocycles. The van der Waals surface area contributed by atoms with Gasteiger partial charge >= 0.3 is 0 Å². The summed E-state index contributed by atoms with van der Waals surface area (Å²) in [5, 5.41) is 3.43. The highest BCUT2D eigenvalue weighted by Crippen LogP contribution is 2.13. The third-order valence-corrected chi connectivity index (χ3v) is 2.72. The fraction of sp³-hybridized carbons (Fsp3) is 0.692. The zero-order valence-electron chi connectivity index (χ0n) is 10.4. The maximum atomic E-state index is 5.10. The molecule has 0 aliphatic heterocycles. The molecular weight excluding hydrogens is 202 g/mol. The second-order valence-corrected chi connectivity index (χ2v) is 4.19. The van der Waals surface area contributed by atoms with Gasteiger partial charge in [0, 0.05) is 13.7 Å². The largest absolute Gasteiger partial charge is 0.472 e. The molecule has 0 radical (unpaired) electrons. The standard InChI is InChI=1S/C13H23NO2/c1-3-4-12(10-14-6-8-15-2)9-13-5-7-16-11-13/h5,7,11-12,14H,3-4,6,8-10H2,1-2H3. The maximum Gasteiger partial charge on any atom is 0.0934 e. The Bertz CT molecular complexity index is 246. The molecule has 1 heterocycles. The van der Waals surface area contributed by atoms with Crippen molar-refractivity contribution in [3.05, 3.63) is 24.2 Å². The second kappa shape index (κ2) is 8.36. The molecule has 0 saturated heterocycles. The van der Waals surface area contributed by atoms with Gasteiger partial charge in [0.1, 0.15) is 0 Å². The summed E-state index contributed by atoms with van der Waals surface area (Å²) in [5.41, 5.74) is 1.30. The molecule has 92 valence electrons. The number of hydrogen-bond acceptors (Lipinski definition) is 3. The van der Waals surface area contributed by atoms with Crippen LogP contribution in [0.5, 0.6) is 0 Å². The summed E-state index contributed by atoms with van der Waals surface area (Å²) in [5.74, 6) is 0.694. The van der Waals surface area contributed by atoms with Crippen LogP contribution in [0.3, 0.4) is 0 Å². The van der Waals surface area contributed by atoms with Gasteiger partial charge in [-0.2, -0.15) is 0 Å². The minimum atomic E-state index is 0.694. The van der Waals surface area contributed by atoms with E-state index in [4.69, 9.17) is 9.15 Å². The summed E-state index contributed by atoms with van der Waals surface area (Å²) in [6.45, 7) is 5.01. The van der Waals surface area contributed by atoms with Gasteiger partial charge in [0.2, 0.25) is 0 Å². The molecule has 16 heavy (non-hydrogen) atoms. The van der Waals surface area contributed by atoms with Crippen molar-refractivity contribution in [3.8, 4) is 0 Å². The van der Waals surface area contributed by atoms with Crippen molar-refractivity contribution in [1.82, 2.24) is 5.32 Å². The van der Waals surface area contributed by atoms with Crippen molar-refractivity contribution in [3.63, 3.8) is 0 Å². The van der Waals surface area contributed by atoms with Gasteiger partial charge in [-0.1, -0.05) is 13.3 Å². The van der Waals surface area contributed by atoms with E-state index in [1.165, 1.54) is 18.4 Å². The number of hydrogen-bond donors (Lipinski definition) is 1. The van der Waals surface area contributed by atoms with Crippen LogP contribution in [-0.2, 0) is 11.2 Å². The molecule has 1 aromatic heterocycles. The van der Waals surface area contributed by atoms with Gasteiger partial charge in [-0.05, 0) is 36.9 Å². The van der Waals surface area contributed by atoms with Crippen molar-refractivity contribution in [2.45, 2.75) is 26.2 Å². The summed E-state index contributed by atoms with van der Waals surface area (Å²) < 4.78 is 10.1. The summed E-state index contributed by atoms with van der Waals surface area (Å²) >= 11 is 0. The normalized spacial score (nSPS) is 12.9. The summed E-state index contributed by atoms with van der Waals surface area (Å²) in [4.78, 5) is 0. The Hall–Kier alpha value is -0.800. The average molecular weight is 225 g/mol. The van der Waals surface area contributed by atoms with E-state index in [2.05, 4.69) is 18.3 Å². The zero-order valence-corrected chi connectivity index (χ0v) is 10.4. The third-order valence-electron chi connectivity index (χ3n) is 2.72. The van der Waals surface area contributed by atoms with Gasteiger partial charge < -0.3 is 14.5 Å². The highest BCUT2D eigenvalue weighted by molar-refractivity contribution is 5.06. The Morgan fingerprint density at radius 2 is 2.38 bits per heavy atom. The molecule has 1 atom stereocenters. The highest BCUT2D eigenvalue weighted by atomic mass is 16.5. The molecule has 0 bridgehead atoms. The van der Waals surface area contributed by atoms with E-state index < -0.39 is 0 Å². The van der Waals surface area contributed by atoms with E-state index in [0.717, 1.165) is 26.1 Å². The van der Waals surface area contributed by atoms with E-state index in [1.807, 2.05) is 6.26 Å². The van der Waals surface area contributed by atoms with Crippen LogP contribution < -0.4 is 5.32 Å². The first-order valence-corrected chi connectivity index (χ1v) is 6.07. The van der Waals surface area contributed by atoms with Crippen LogP contribution in [0.15, 0.2) is 23.0 Å². The van der Waals surface area contributed by atoms with Crippen LogP contribution in [0.1, 0.15) is 25.3 Å². The molecule has 1 N–H and O–H groups in total. The molecule has 0 aliphatic carbocycles. The Kier molecular flexibility index (Phi) is 6.93. The van der Waals surface area contributed by atoms with Crippen molar-refractivity contribution >= 4 is 0 Å². The Balaban J connectivity index is 2.24. The SMILES string of the molecule is CCCC(CNCCOC)Cc1ccoc1. The first-order chi connectivity index (χ1) is 7.86. The van der Waals surface area contributed by atoms with Gasteiger partial charge in [-0.3, -0.25) is 0 Å². The van der Waals surface area contributed by atoms with E-state index in [0.29, 0.717) is 5.92 Å². The minimum absolute atomic E-state index is 0.694. The summed E-state index contributed by atoms with van der Waals surface area (Å²) in [6, 6.07) is 2.05.